The molecule has 0 aromatic heterocycles. The van der Waals surface area contributed by atoms with Crippen molar-refractivity contribution in [1.29, 1.82) is 0 Å². The number of thioether (sulfide) groups is 1. The van der Waals surface area contributed by atoms with Gasteiger partial charge in [0, 0.05) is 10.8 Å². The Kier molecular flexibility index (Phi) is 4.97. The molecule has 15 heavy (non-hydrogen) atoms. The van der Waals surface area contributed by atoms with E-state index in [4.69, 9.17) is 0 Å². The first kappa shape index (κ1) is 12.9. The summed E-state index contributed by atoms with van der Waals surface area (Å²) in [6.45, 7) is 6.07. The van der Waals surface area contributed by atoms with Crippen LogP contribution in [0.25, 0.3) is 0 Å². The summed E-state index contributed by atoms with van der Waals surface area (Å²) in [4.78, 5) is 11.6. The van der Waals surface area contributed by atoms with Gasteiger partial charge in [-0.05, 0) is 33.6 Å². The van der Waals surface area contributed by atoms with Crippen molar-refractivity contribution in [3.05, 3.63) is 0 Å². The minimum atomic E-state index is -0.0930. The number of carbonyl (C=O) groups is 1. The predicted octanol–water partition coefficient (Wildman–Crippen LogP) is 2.97. The Labute approximate surface area is 97.6 Å². The van der Waals surface area contributed by atoms with Crippen molar-refractivity contribution < 1.29 is 4.79 Å². The van der Waals surface area contributed by atoms with Crippen molar-refractivity contribution >= 4 is 17.7 Å². The number of hydrogen-bond donors (Lipinski definition) is 1. The second-order valence-electron chi connectivity index (χ2n) is 5.37. The lowest BCUT2D eigenvalue weighted by Gasteiger charge is -2.23. The van der Waals surface area contributed by atoms with Gasteiger partial charge in [-0.15, -0.1) is 11.8 Å². The van der Waals surface area contributed by atoms with Gasteiger partial charge in [-0.2, -0.15) is 0 Å². The van der Waals surface area contributed by atoms with E-state index >= 15 is 0 Å². The Balaban J connectivity index is 2.15. The monoisotopic (exact) mass is 229 g/mol. The van der Waals surface area contributed by atoms with E-state index in [1.165, 1.54) is 32.1 Å². The van der Waals surface area contributed by atoms with Crippen LogP contribution in [-0.4, -0.2) is 22.4 Å². The minimum absolute atomic E-state index is 0.0930. The molecule has 0 heterocycles. The molecule has 0 aromatic rings. The van der Waals surface area contributed by atoms with Gasteiger partial charge in [0.2, 0.25) is 5.91 Å². The van der Waals surface area contributed by atoms with Gasteiger partial charge >= 0.3 is 0 Å². The van der Waals surface area contributed by atoms with Crippen molar-refractivity contribution in [2.75, 3.05) is 5.75 Å². The Morgan fingerprint density at radius 1 is 1.27 bits per heavy atom. The first-order valence-corrected chi connectivity index (χ1v) is 6.95. The fraction of sp³-hybridized carbons (Fsp3) is 0.917. The lowest BCUT2D eigenvalue weighted by atomic mass is 10.0. The normalized spacial score (nSPS) is 18.9. The molecule has 0 atom stereocenters. The molecule has 1 fully saturated rings. The predicted molar refractivity (Wildman–Crippen MR) is 67.2 cm³/mol. The van der Waals surface area contributed by atoms with Crippen LogP contribution < -0.4 is 5.32 Å². The molecule has 1 amide bonds. The lowest BCUT2D eigenvalue weighted by molar-refractivity contribution is -0.119. The van der Waals surface area contributed by atoms with Gasteiger partial charge in [-0.3, -0.25) is 4.79 Å². The van der Waals surface area contributed by atoms with Crippen molar-refractivity contribution in [1.82, 2.24) is 5.32 Å². The van der Waals surface area contributed by atoms with Crippen LogP contribution in [0.1, 0.15) is 52.9 Å². The molecule has 1 saturated carbocycles. The summed E-state index contributed by atoms with van der Waals surface area (Å²) >= 11 is 1.83. The summed E-state index contributed by atoms with van der Waals surface area (Å²) in [6.07, 6.45) is 6.67. The van der Waals surface area contributed by atoms with Gasteiger partial charge in [-0.1, -0.05) is 19.3 Å². The quantitative estimate of drug-likeness (QED) is 0.806. The number of carbonyl (C=O) groups excluding carboxylic acids is 1. The second-order valence-corrected chi connectivity index (χ2v) is 6.66. The summed E-state index contributed by atoms with van der Waals surface area (Å²) in [5.74, 6) is 0.806. The van der Waals surface area contributed by atoms with Crippen molar-refractivity contribution in [2.45, 2.75) is 63.7 Å². The summed E-state index contributed by atoms with van der Waals surface area (Å²) in [5, 5.41) is 3.73. The Morgan fingerprint density at radius 3 is 2.40 bits per heavy atom. The number of hydrogen-bond acceptors (Lipinski definition) is 2. The average molecular weight is 229 g/mol. The van der Waals surface area contributed by atoms with Gasteiger partial charge < -0.3 is 5.32 Å². The van der Waals surface area contributed by atoms with Gasteiger partial charge in [0.05, 0.1) is 5.75 Å². The third-order valence-electron chi connectivity index (χ3n) is 2.52. The van der Waals surface area contributed by atoms with E-state index in [9.17, 15) is 4.79 Å². The zero-order valence-corrected chi connectivity index (χ0v) is 11.0. The molecule has 1 aliphatic carbocycles. The zero-order chi connectivity index (χ0) is 11.3. The van der Waals surface area contributed by atoms with E-state index < -0.39 is 0 Å². The molecule has 88 valence electrons. The van der Waals surface area contributed by atoms with Gasteiger partial charge in [0.1, 0.15) is 0 Å². The third-order valence-corrected chi connectivity index (χ3v) is 3.89. The molecule has 1 aliphatic rings. The minimum Gasteiger partial charge on any atom is -0.351 e. The maximum absolute atomic E-state index is 11.6. The van der Waals surface area contributed by atoms with Crippen LogP contribution in [0.4, 0.5) is 0 Å². The molecule has 0 saturated heterocycles. The van der Waals surface area contributed by atoms with Crippen molar-refractivity contribution in [2.24, 2.45) is 0 Å². The van der Waals surface area contributed by atoms with E-state index in [0.717, 1.165) is 5.25 Å². The first-order valence-electron chi connectivity index (χ1n) is 5.90. The molecule has 0 aromatic carbocycles. The smallest absolute Gasteiger partial charge is 0.230 e. The lowest BCUT2D eigenvalue weighted by Crippen LogP contribution is -2.41. The maximum Gasteiger partial charge on any atom is 0.230 e. The fourth-order valence-corrected chi connectivity index (χ4v) is 3.01. The highest BCUT2D eigenvalue weighted by molar-refractivity contribution is 8.00. The molecule has 0 aliphatic heterocycles. The van der Waals surface area contributed by atoms with E-state index in [-0.39, 0.29) is 11.4 Å². The highest BCUT2D eigenvalue weighted by Crippen LogP contribution is 2.27. The van der Waals surface area contributed by atoms with Gasteiger partial charge in [0.15, 0.2) is 0 Å². The van der Waals surface area contributed by atoms with Crippen LogP contribution in [0.3, 0.4) is 0 Å². The molecule has 0 bridgehead atoms. The fourth-order valence-electron chi connectivity index (χ4n) is 1.88. The van der Waals surface area contributed by atoms with Gasteiger partial charge in [0.25, 0.3) is 0 Å². The van der Waals surface area contributed by atoms with E-state index in [0.29, 0.717) is 5.75 Å². The number of rotatable bonds is 3. The Bertz CT molecular complexity index is 204. The van der Waals surface area contributed by atoms with Crippen molar-refractivity contribution in [3.63, 3.8) is 0 Å². The Hall–Kier alpha value is -0.180. The van der Waals surface area contributed by atoms with Crippen molar-refractivity contribution in [3.8, 4) is 0 Å². The number of amides is 1. The van der Waals surface area contributed by atoms with Crippen LogP contribution in [0.2, 0.25) is 0 Å². The van der Waals surface area contributed by atoms with Crippen LogP contribution in [0.15, 0.2) is 0 Å². The summed E-state index contributed by atoms with van der Waals surface area (Å²) in [5.41, 5.74) is -0.0930. The van der Waals surface area contributed by atoms with E-state index in [2.05, 4.69) is 5.32 Å². The Morgan fingerprint density at radius 2 is 1.87 bits per heavy atom. The summed E-state index contributed by atoms with van der Waals surface area (Å²) in [7, 11) is 0. The van der Waals surface area contributed by atoms with E-state index in [1.807, 2.05) is 32.5 Å². The molecule has 1 rings (SSSR count). The van der Waals surface area contributed by atoms with Crippen LogP contribution in [0, 0.1) is 0 Å². The summed E-state index contributed by atoms with van der Waals surface area (Å²) < 4.78 is 0. The molecular formula is C12H23NOS. The largest absolute Gasteiger partial charge is 0.351 e. The molecule has 1 N–H and O–H groups in total. The highest BCUT2D eigenvalue weighted by Gasteiger charge is 2.17. The maximum atomic E-state index is 11.6. The zero-order valence-electron chi connectivity index (χ0n) is 10.1. The topological polar surface area (TPSA) is 29.1 Å². The van der Waals surface area contributed by atoms with Crippen LogP contribution >= 0.6 is 11.8 Å². The van der Waals surface area contributed by atoms with Crippen LogP contribution in [-0.2, 0) is 4.79 Å². The molecule has 0 spiro atoms. The first-order chi connectivity index (χ1) is 6.97. The standard InChI is InChI=1S/C12H23NOS/c1-12(2,3)13-11(14)9-15-10-7-5-4-6-8-10/h10H,4-9H2,1-3H3,(H,13,14). The summed E-state index contributed by atoms with van der Waals surface area (Å²) in [6, 6.07) is 0. The SMILES string of the molecule is CC(C)(C)NC(=O)CSC1CCCCC1. The van der Waals surface area contributed by atoms with Gasteiger partial charge in [-0.25, -0.2) is 0 Å². The molecule has 0 unspecified atom stereocenters. The van der Waals surface area contributed by atoms with Crippen LogP contribution in [0.5, 0.6) is 0 Å². The number of nitrogens with one attached hydrogen (secondary N) is 1. The highest BCUT2D eigenvalue weighted by atomic mass is 32.2. The third kappa shape index (κ3) is 6.08. The molecule has 3 heteroatoms. The molecule has 2 nitrogen and oxygen atoms in total. The molecular weight excluding hydrogens is 206 g/mol. The van der Waals surface area contributed by atoms with E-state index in [1.54, 1.807) is 0 Å². The average Bonchev–Trinajstić information content (AvgIpc) is 2.14. The molecule has 0 radical (unpaired) electrons. The second kappa shape index (κ2) is 5.78.